The summed E-state index contributed by atoms with van der Waals surface area (Å²) < 4.78 is 74.9. The molecule has 2 atom stereocenters. The van der Waals surface area contributed by atoms with Crippen molar-refractivity contribution in [1.82, 2.24) is 0 Å². The predicted molar refractivity (Wildman–Crippen MR) is 86.6 cm³/mol. The number of para-hydroxylation sites is 2. The third-order valence-corrected chi connectivity index (χ3v) is 8.72. The van der Waals surface area contributed by atoms with Crippen molar-refractivity contribution in [2.75, 3.05) is 0 Å². The lowest BCUT2D eigenvalue weighted by Crippen LogP contribution is -1.92. The van der Waals surface area contributed by atoms with Crippen LogP contribution in [-0.4, -0.2) is 0 Å². The molecule has 3 rings (SSSR count). The molecule has 0 saturated heterocycles. The Morgan fingerprint density at radius 2 is 1.00 bits per heavy atom. The summed E-state index contributed by atoms with van der Waals surface area (Å²) in [6.45, 7) is 0. The van der Waals surface area contributed by atoms with E-state index in [1.807, 2.05) is 0 Å². The van der Waals surface area contributed by atoms with E-state index >= 15 is 0 Å². The Bertz CT molecular complexity index is 855. The first-order chi connectivity index (χ1) is 11.3. The van der Waals surface area contributed by atoms with Gasteiger partial charge in [0.05, 0.1) is 0 Å². The summed E-state index contributed by atoms with van der Waals surface area (Å²) in [6, 6.07) is 14.5. The van der Waals surface area contributed by atoms with Gasteiger partial charge in [0.2, 0.25) is 0 Å². The lowest BCUT2D eigenvalue weighted by molar-refractivity contribution is 0.531. The van der Waals surface area contributed by atoms with Crippen LogP contribution in [0.3, 0.4) is 0 Å². The second kappa shape index (κ2) is 6.40. The Kier molecular flexibility index (Phi) is 4.60. The van der Waals surface area contributed by atoms with E-state index in [0.29, 0.717) is 0 Å². The van der Waals surface area contributed by atoms with Crippen molar-refractivity contribution < 1.29 is 25.8 Å². The van der Waals surface area contributed by atoms with Crippen molar-refractivity contribution in [3.05, 3.63) is 60.7 Å². The number of benzene rings is 2. The smallest absolute Gasteiger partial charge is 0.419 e. The molecule has 0 amide bonds. The second-order valence-corrected chi connectivity index (χ2v) is 9.79. The van der Waals surface area contributed by atoms with Gasteiger partial charge in [-0.25, -0.2) is 0 Å². The lowest BCUT2D eigenvalue weighted by Gasteiger charge is -2.20. The molecule has 24 heavy (non-hydrogen) atoms. The minimum Gasteiger partial charge on any atom is -0.419 e. The zero-order valence-corrected chi connectivity index (χ0v) is 14.5. The molecule has 0 aromatic heterocycles. The number of rotatable bonds is 4. The zero-order chi connectivity index (χ0) is 17.3. The first kappa shape index (κ1) is 17.3. The van der Waals surface area contributed by atoms with Crippen LogP contribution in [-0.2, 0) is 0 Å². The van der Waals surface area contributed by atoms with E-state index < -0.39 is 23.3 Å². The van der Waals surface area contributed by atoms with Crippen molar-refractivity contribution in [2.24, 2.45) is 13.5 Å². The Morgan fingerprint density at radius 1 is 0.583 bits per heavy atom. The molecule has 0 saturated carbocycles. The van der Waals surface area contributed by atoms with Crippen LogP contribution in [0.5, 0.6) is 11.5 Å². The molecule has 1 aliphatic heterocycles. The van der Waals surface area contributed by atoms with E-state index in [2.05, 4.69) is 13.5 Å². The van der Waals surface area contributed by atoms with Crippen LogP contribution >= 0.6 is 23.3 Å². The minimum atomic E-state index is -5.60. The summed E-state index contributed by atoms with van der Waals surface area (Å²) in [5.41, 5.74) is 0. The molecule has 0 aliphatic carbocycles. The molecule has 1 aliphatic rings. The molecule has 2 aromatic carbocycles. The quantitative estimate of drug-likeness (QED) is 0.389. The predicted octanol–water partition coefficient (Wildman–Crippen LogP) is 7.87. The third-order valence-electron chi connectivity index (χ3n) is 2.59. The van der Waals surface area contributed by atoms with Crippen LogP contribution in [0.15, 0.2) is 74.2 Å². The van der Waals surface area contributed by atoms with Gasteiger partial charge < -0.3 is 9.05 Å². The van der Waals surface area contributed by atoms with Gasteiger partial charge in [0.25, 0.3) is 0 Å². The van der Waals surface area contributed by atoms with E-state index in [9.17, 15) is 16.8 Å². The number of hydrogen-bond acceptors (Lipinski definition) is 5. The van der Waals surface area contributed by atoms with E-state index in [1.54, 1.807) is 12.1 Å². The Hall–Kier alpha value is -1.55. The zero-order valence-electron chi connectivity index (χ0n) is 11.8. The minimum absolute atomic E-state index is 0.0889. The normalized spacial score (nSPS) is 28.0. The van der Waals surface area contributed by atoms with E-state index in [4.69, 9.17) is 9.05 Å². The fourth-order valence-corrected chi connectivity index (χ4v) is 7.73. The number of hydrogen-bond donors (Lipinski definition) is 0. The summed E-state index contributed by atoms with van der Waals surface area (Å²) in [4.78, 5) is 0. The molecule has 2 aromatic rings. The highest BCUT2D eigenvalue weighted by molar-refractivity contribution is 7.78. The fraction of sp³-hybridized carbons (Fsp3) is 0. The van der Waals surface area contributed by atoms with Crippen molar-refractivity contribution >= 4 is 23.3 Å². The summed E-state index contributed by atoms with van der Waals surface area (Å²) >= 11 is 0. The summed E-state index contributed by atoms with van der Waals surface area (Å²) in [5.74, 6) is -0.178. The van der Waals surface area contributed by atoms with Gasteiger partial charge >= 0.3 is 23.3 Å². The lowest BCUT2D eigenvalue weighted by atomic mass is 10.3. The van der Waals surface area contributed by atoms with Crippen LogP contribution in [0.2, 0.25) is 0 Å². The molecule has 2 unspecified atom stereocenters. The van der Waals surface area contributed by atoms with E-state index in [0.717, 1.165) is 0 Å². The molecule has 0 N–H and O–H groups in total. The molecule has 0 spiro atoms. The molecule has 128 valence electrons. The van der Waals surface area contributed by atoms with Crippen LogP contribution < -0.4 is 9.05 Å². The summed E-state index contributed by atoms with van der Waals surface area (Å²) in [7, 11) is -15.5. The maximum absolute atomic E-state index is 14.7. The topological polar surface area (TPSA) is 55.5 Å². The third kappa shape index (κ3) is 4.29. The maximum Gasteiger partial charge on any atom is 0.442 e. The van der Waals surface area contributed by atoms with Crippen LogP contribution in [0, 0.1) is 0 Å². The van der Waals surface area contributed by atoms with Gasteiger partial charge in [0, 0.05) is 0 Å². The number of halogens is 4. The van der Waals surface area contributed by atoms with Gasteiger partial charge in [-0.15, -0.1) is 30.3 Å². The first-order valence-electron chi connectivity index (χ1n) is 6.47. The second-order valence-electron chi connectivity index (χ2n) is 4.48. The van der Waals surface area contributed by atoms with E-state index in [1.165, 1.54) is 48.5 Å². The standard InChI is InChI=1S/C12H10F4N3O2P3/c13-22(14)17-23(15,20-11-7-3-1-4-8-11)19-24(16,18-22)21-12-9-5-2-6-10-12/h1-10H. The SMILES string of the molecule is FP1(F)=NP(F)(Oc2ccccc2)=NP(F)(Oc2ccccc2)=N1. The molecule has 12 heteroatoms. The van der Waals surface area contributed by atoms with Crippen LogP contribution in [0.1, 0.15) is 0 Å². The van der Waals surface area contributed by atoms with E-state index in [-0.39, 0.29) is 11.5 Å². The highest BCUT2D eigenvalue weighted by Gasteiger charge is 2.42. The first-order valence-corrected chi connectivity index (χ1v) is 11.0. The van der Waals surface area contributed by atoms with Crippen molar-refractivity contribution in [3.8, 4) is 11.5 Å². The van der Waals surface area contributed by atoms with Gasteiger partial charge in [-0.05, 0) is 24.3 Å². The highest BCUT2D eigenvalue weighted by atomic mass is 31.3. The Balaban J connectivity index is 2.02. The number of nitrogens with zero attached hydrogens (tertiary/aromatic N) is 3. The van der Waals surface area contributed by atoms with Crippen molar-refractivity contribution in [3.63, 3.8) is 0 Å². The summed E-state index contributed by atoms with van der Waals surface area (Å²) in [6.07, 6.45) is 0. The van der Waals surface area contributed by atoms with Crippen LogP contribution in [0.4, 0.5) is 16.8 Å². The molecule has 0 radical (unpaired) electrons. The van der Waals surface area contributed by atoms with Gasteiger partial charge in [-0.1, -0.05) is 36.4 Å². The molecular formula is C12H10F4N3O2P3. The van der Waals surface area contributed by atoms with Crippen molar-refractivity contribution in [1.29, 1.82) is 0 Å². The largest absolute Gasteiger partial charge is 0.442 e. The highest BCUT2D eigenvalue weighted by Crippen LogP contribution is 2.80. The molecule has 0 bridgehead atoms. The van der Waals surface area contributed by atoms with Crippen molar-refractivity contribution in [2.45, 2.75) is 0 Å². The monoisotopic (exact) mass is 397 g/mol. The fourth-order valence-electron chi connectivity index (χ4n) is 1.76. The van der Waals surface area contributed by atoms with Gasteiger partial charge in [-0.3, -0.25) is 0 Å². The average Bonchev–Trinajstić information content (AvgIpc) is 2.45. The van der Waals surface area contributed by atoms with Crippen LogP contribution in [0.25, 0.3) is 0 Å². The van der Waals surface area contributed by atoms with Gasteiger partial charge in [0.1, 0.15) is 11.5 Å². The molecule has 0 fully saturated rings. The molecular weight excluding hydrogens is 387 g/mol. The summed E-state index contributed by atoms with van der Waals surface area (Å²) in [5, 5.41) is 0. The molecule has 5 nitrogen and oxygen atoms in total. The average molecular weight is 397 g/mol. The Labute approximate surface area is 135 Å². The maximum atomic E-state index is 14.7. The molecule has 1 heterocycles. The van der Waals surface area contributed by atoms with Gasteiger partial charge in [-0.2, -0.15) is 0 Å². The van der Waals surface area contributed by atoms with Gasteiger partial charge in [0.15, 0.2) is 0 Å². The Morgan fingerprint density at radius 3 is 1.46 bits per heavy atom.